The van der Waals surface area contributed by atoms with Gasteiger partial charge in [0.1, 0.15) is 11.8 Å². The van der Waals surface area contributed by atoms with Gasteiger partial charge in [0.25, 0.3) is 5.91 Å². The van der Waals surface area contributed by atoms with Gasteiger partial charge in [0.2, 0.25) is 0 Å². The highest BCUT2D eigenvalue weighted by molar-refractivity contribution is 6.31. The van der Waals surface area contributed by atoms with Gasteiger partial charge in [-0.15, -0.1) is 0 Å². The molecule has 2 N–H and O–H groups in total. The SMILES string of the molecule is Cc1cc(OC(C)C(=O)NCC(N2CCNCC2)C(F)(F)F)ccc1Cl. The highest BCUT2D eigenvalue weighted by atomic mass is 35.5. The van der Waals surface area contributed by atoms with Crippen molar-refractivity contribution >= 4 is 17.5 Å². The molecule has 0 aliphatic carbocycles. The zero-order chi connectivity index (χ0) is 19.3. The van der Waals surface area contributed by atoms with Crippen LogP contribution in [-0.4, -0.2) is 61.9 Å². The lowest BCUT2D eigenvalue weighted by Gasteiger charge is -2.36. The quantitative estimate of drug-likeness (QED) is 0.779. The Morgan fingerprint density at radius 2 is 2.04 bits per heavy atom. The molecular formula is C17H23ClF3N3O2. The van der Waals surface area contributed by atoms with E-state index in [4.69, 9.17) is 16.3 Å². The van der Waals surface area contributed by atoms with Crippen LogP contribution in [0.15, 0.2) is 18.2 Å². The fourth-order valence-electron chi connectivity index (χ4n) is 2.73. The van der Waals surface area contributed by atoms with Crippen LogP contribution in [0.5, 0.6) is 5.75 Å². The molecule has 0 saturated carbocycles. The highest BCUT2D eigenvalue weighted by Crippen LogP contribution is 2.25. The van der Waals surface area contributed by atoms with Crippen molar-refractivity contribution in [3.63, 3.8) is 0 Å². The number of amides is 1. The molecule has 0 radical (unpaired) electrons. The second-order valence-electron chi connectivity index (χ2n) is 6.26. The number of rotatable bonds is 6. The molecule has 9 heteroatoms. The number of halogens is 4. The largest absolute Gasteiger partial charge is 0.481 e. The van der Waals surface area contributed by atoms with Crippen LogP contribution in [0, 0.1) is 6.92 Å². The number of carbonyl (C=O) groups is 1. The first-order valence-electron chi connectivity index (χ1n) is 8.40. The van der Waals surface area contributed by atoms with Gasteiger partial charge in [-0.1, -0.05) is 11.6 Å². The first-order chi connectivity index (χ1) is 12.2. The normalized spacial score (nSPS) is 18.2. The molecule has 146 valence electrons. The molecular weight excluding hydrogens is 371 g/mol. The van der Waals surface area contributed by atoms with Crippen LogP contribution in [0.4, 0.5) is 13.2 Å². The molecule has 1 saturated heterocycles. The van der Waals surface area contributed by atoms with E-state index >= 15 is 0 Å². The first-order valence-corrected chi connectivity index (χ1v) is 8.78. The Morgan fingerprint density at radius 3 is 2.62 bits per heavy atom. The molecule has 0 bridgehead atoms. The van der Waals surface area contributed by atoms with E-state index in [1.807, 2.05) is 0 Å². The van der Waals surface area contributed by atoms with Gasteiger partial charge in [0, 0.05) is 37.7 Å². The summed E-state index contributed by atoms with van der Waals surface area (Å²) in [5.41, 5.74) is 0.785. The summed E-state index contributed by atoms with van der Waals surface area (Å²) in [6.07, 6.45) is -5.34. The van der Waals surface area contributed by atoms with E-state index < -0.39 is 30.8 Å². The van der Waals surface area contributed by atoms with Crippen molar-refractivity contribution < 1.29 is 22.7 Å². The lowest BCUT2D eigenvalue weighted by atomic mass is 10.2. The number of carbonyl (C=O) groups excluding carboxylic acids is 1. The number of aryl methyl sites for hydroxylation is 1. The van der Waals surface area contributed by atoms with Gasteiger partial charge in [-0.05, 0) is 37.6 Å². The van der Waals surface area contributed by atoms with Gasteiger partial charge in [0.05, 0.1) is 0 Å². The summed E-state index contributed by atoms with van der Waals surface area (Å²) in [4.78, 5) is 13.5. The van der Waals surface area contributed by atoms with Gasteiger partial charge < -0.3 is 15.4 Å². The summed E-state index contributed by atoms with van der Waals surface area (Å²) in [5, 5.41) is 5.94. The van der Waals surface area contributed by atoms with E-state index in [1.54, 1.807) is 25.1 Å². The highest BCUT2D eigenvalue weighted by Gasteiger charge is 2.44. The predicted molar refractivity (Wildman–Crippen MR) is 93.6 cm³/mol. The maximum absolute atomic E-state index is 13.3. The smallest absolute Gasteiger partial charge is 0.405 e. The standard InChI is InChI=1S/C17H23ClF3N3O2/c1-11-9-13(3-4-14(11)18)26-12(2)16(25)23-10-15(17(19,20)21)24-7-5-22-6-8-24/h3-4,9,12,15,22H,5-8,10H2,1-2H3,(H,23,25). The minimum absolute atomic E-state index is 0.288. The van der Waals surface area contributed by atoms with Crippen LogP contribution in [0.25, 0.3) is 0 Å². The molecule has 0 spiro atoms. The second kappa shape index (κ2) is 8.92. The van der Waals surface area contributed by atoms with Gasteiger partial charge >= 0.3 is 6.18 Å². The Bertz CT molecular complexity index is 622. The minimum atomic E-state index is -4.41. The molecule has 0 aromatic heterocycles. The number of hydrogen-bond acceptors (Lipinski definition) is 4. The molecule has 2 rings (SSSR count). The van der Waals surface area contributed by atoms with Crippen molar-refractivity contribution in [3.05, 3.63) is 28.8 Å². The Hall–Kier alpha value is -1.51. The van der Waals surface area contributed by atoms with Gasteiger partial charge in [-0.25, -0.2) is 0 Å². The van der Waals surface area contributed by atoms with E-state index in [0.29, 0.717) is 23.9 Å². The van der Waals surface area contributed by atoms with Gasteiger partial charge in [-0.2, -0.15) is 13.2 Å². The number of nitrogens with zero attached hydrogens (tertiary/aromatic N) is 1. The lowest BCUT2D eigenvalue weighted by Crippen LogP contribution is -2.58. The molecule has 1 aliphatic heterocycles. The van der Waals surface area contributed by atoms with Gasteiger partial charge in [-0.3, -0.25) is 9.69 Å². The Balaban J connectivity index is 1.92. The van der Waals surface area contributed by atoms with Crippen molar-refractivity contribution in [2.75, 3.05) is 32.7 Å². The molecule has 1 aromatic carbocycles. The topological polar surface area (TPSA) is 53.6 Å². The molecule has 1 amide bonds. The average molecular weight is 394 g/mol. The van der Waals surface area contributed by atoms with Crippen molar-refractivity contribution in [3.8, 4) is 5.75 Å². The van der Waals surface area contributed by atoms with E-state index in [0.717, 1.165) is 5.56 Å². The molecule has 2 atom stereocenters. The maximum atomic E-state index is 13.3. The van der Waals surface area contributed by atoms with Crippen LogP contribution in [0.2, 0.25) is 5.02 Å². The Labute approximate surface area is 155 Å². The lowest BCUT2D eigenvalue weighted by molar-refractivity contribution is -0.184. The average Bonchev–Trinajstić information content (AvgIpc) is 2.58. The zero-order valence-corrected chi connectivity index (χ0v) is 15.5. The van der Waals surface area contributed by atoms with E-state index in [-0.39, 0.29) is 13.1 Å². The fourth-order valence-corrected chi connectivity index (χ4v) is 2.85. The summed E-state index contributed by atoms with van der Waals surface area (Å²) >= 11 is 5.93. The van der Waals surface area contributed by atoms with Crippen molar-refractivity contribution in [2.24, 2.45) is 0 Å². The predicted octanol–water partition coefficient (Wildman–Crippen LogP) is 2.37. The van der Waals surface area contributed by atoms with Gasteiger partial charge in [0.15, 0.2) is 6.10 Å². The van der Waals surface area contributed by atoms with Crippen molar-refractivity contribution in [1.29, 1.82) is 0 Å². The van der Waals surface area contributed by atoms with E-state index in [2.05, 4.69) is 10.6 Å². The van der Waals surface area contributed by atoms with Crippen LogP contribution in [-0.2, 0) is 4.79 Å². The maximum Gasteiger partial charge on any atom is 0.405 e. The first kappa shape index (κ1) is 20.8. The summed E-state index contributed by atoms with van der Waals surface area (Å²) in [7, 11) is 0. The van der Waals surface area contributed by atoms with Crippen molar-refractivity contribution in [1.82, 2.24) is 15.5 Å². The van der Waals surface area contributed by atoms with Crippen LogP contribution >= 0.6 is 11.6 Å². The van der Waals surface area contributed by atoms with E-state index in [9.17, 15) is 18.0 Å². The van der Waals surface area contributed by atoms with Crippen LogP contribution < -0.4 is 15.4 Å². The molecule has 1 fully saturated rings. The fraction of sp³-hybridized carbons (Fsp3) is 0.588. The molecule has 1 aliphatic rings. The third kappa shape index (κ3) is 5.75. The third-order valence-corrected chi connectivity index (χ3v) is 4.68. The van der Waals surface area contributed by atoms with Crippen molar-refractivity contribution in [2.45, 2.75) is 32.2 Å². The molecule has 2 unspecified atom stereocenters. The minimum Gasteiger partial charge on any atom is -0.481 e. The summed E-state index contributed by atoms with van der Waals surface area (Å²) in [6, 6.07) is 3.21. The van der Waals surface area contributed by atoms with Crippen LogP contribution in [0.1, 0.15) is 12.5 Å². The number of hydrogen-bond donors (Lipinski definition) is 2. The summed E-state index contributed by atoms with van der Waals surface area (Å²) < 4.78 is 45.5. The number of nitrogens with one attached hydrogen (secondary N) is 2. The molecule has 5 nitrogen and oxygen atoms in total. The Kier molecular flexibility index (Phi) is 7.14. The number of alkyl halides is 3. The molecule has 26 heavy (non-hydrogen) atoms. The van der Waals surface area contributed by atoms with Crippen LogP contribution in [0.3, 0.4) is 0 Å². The van der Waals surface area contributed by atoms with E-state index in [1.165, 1.54) is 11.8 Å². The number of ether oxygens (including phenoxy) is 1. The number of piperazine rings is 1. The second-order valence-corrected chi connectivity index (χ2v) is 6.67. The monoisotopic (exact) mass is 393 g/mol. The Morgan fingerprint density at radius 1 is 1.38 bits per heavy atom. The molecule has 1 heterocycles. The zero-order valence-electron chi connectivity index (χ0n) is 14.7. The number of benzene rings is 1. The molecule has 1 aromatic rings. The summed E-state index contributed by atoms with van der Waals surface area (Å²) in [6.45, 7) is 4.35. The third-order valence-electron chi connectivity index (χ3n) is 4.25. The summed E-state index contributed by atoms with van der Waals surface area (Å²) in [5.74, 6) is -0.161.